The summed E-state index contributed by atoms with van der Waals surface area (Å²) in [6, 6.07) is 0. The molecule has 4 saturated carbocycles. The number of nitrogens with two attached hydrogens (primary N) is 1. The van der Waals surface area contributed by atoms with Crippen LogP contribution in [-0.2, 0) is 4.74 Å². The SMILES string of the molecule is COCC12CCC(C)CC1(N)CCC1C3CCC(C(C)O)C3(C)CCC12. The van der Waals surface area contributed by atoms with E-state index in [1.165, 1.54) is 57.8 Å². The van der Waals surface area contributed by atoms with Crippen LogP contribution in [0.15, 0.2) is 0 Å². The molecule has 3 N–H and O–H groups in total. The van der Waals surface area contributed by atoms with Crippen molar-refractivity contribution < 1.29 is 9.84 Å². The molecular formula is C23H41NO2. The Morgan fingerprint density at radius 2 is 1.85 bits per heavy atom. The maximum absolute atomic E-state index is 10.4. The van der Waals surface area contributed by atoms with Crippen LogP contribution in [0.3, 0.4) is 0 Å². The summed E-state index contributed by atoms with van der Waals surface area (Å²) in [4.78, 5) is 0. The van der Waals surface area contributed by atoms with Crippen molar-refractivity contribution in [3.63, 3.8) is 0 Å². The predicted molar refractivity (Wildman–Crippen MR) is 106 cm³/mol. The van der Waals surface area contributed by atoms with Gasteiger partial charge in [-0.2, -0.15) is 0 Å². The van der Waals surface area contributed by atoms with Gasteiger partial charge in [0, 0.05) is 18.1 Å². The van der Waals surface area contributed by atoms with Gasteiger partial charge in [0.15, 0.2) is 0 Å². The summed E-state index contributed by atoms with van der Waals surface area (Å²) in [5.41, 5.74) is 7.69. The third-order valence-electron chi connectivity index (χ3n) is 9.92. The zero-order valence-corrected chi connectivity index (χ0v) is 17.5. The highest BCUT2D eigenvalue weighted by Crippen LogP contribution is 2.68. The quantitative estimate of drug-likeness (QED) is 0.783. The van der Waals surface area contributed by atoms with Gasteiger partial charge in [0.05, 0.1) is 12.7 Å². The van der Waals surface area contributed by atoms with E-state index in [9.17, 15) is 5.11 Å². The number of hydrogen-bond donors (Lipinski definition) is 2. The summed E-state index contributed by atoms with van der Waals surface area (Å²) >= 11 is 0. The Hall–Kier alpha value is -0.120. The molecule has 4 fully saturated rings. The van der Waals surface area contributed by atoms with E-state index in [1.54, 1.807) is 0 Å². The molecule has 9 atom stereocenters. The van der Waals surface area contributed by atoms with Crippen LogP contribution in [0.4, 0.5) is 0 Å². The monoisotopic (exact) mass is 363 g/mol. The number of aliphatic hydroxyl groups is 1. The highest BCUT2D eigenvalue weighted by molar-refractivity contribution is 5.17. The smallest absolute Gasteiger partial charge is 0.0545 e. The zero-order chi connectivity index (χ0) is 18.7. The summed E-state index contributed by atoms with van der Waals surface area (Å²) in [6.45, 7) is 7.75. The molecule has 0 aromatic rings. The predicted octanol–water partition coefficient (Wildman–Crippen LogP) is 4.37. The summed E-state index contributed by atoms with van der Waals surface area (Å²) in [7, 11) is 1.88. The molecule has 0 spiro atoms. The Labute approximate surface area is 160 Å². The van der Waals surface area contributed by atoms with Crippen LogP contribution in [0.2, 0.25) is 0 Å². The first-order valence-corrected chi connectivity index (χ1v) is 11.2. The van der Waals surface area contributed by atoms with Crippen LogP contribution in [0.5, 0.6) is 0 Å². The Bertz CT molecular complexity index is 536. The molecule has 0 bridgehead atoms. The minimum atomic E-state index is -0.165. The first kappa shape index (κ1) is 19.2. The number of fused-ring (bicyclic) bond motifs is 5. The van der Waals surface area contributed by atoms with E-state index in [2.05, 4.69) is 13.8 Å². The van der Waals surface area contributed by atoms with E-state index in [0.717, 1.165) is 30.3 Å². The normalized spacial score (nSPS) is 54.9. The minimum absolute atomic E-state index is 0.0299. The van der Waals surface area contributed by atoms with Gasteiger partial charge in [-0.25, -0.2) is 0 Å². The van der Waals surface area contributed by atoms with Gasteiger partial charge >= 0.3 is 0 Å². The summed E-state index contributed by atoms with van der Waals surface area (Å²) < 4.78 is 5.87. The molecule has 0 aliphatic heterocycles. The van der Waals surface area contributed by atoms with Gasteiger partial charge in [0.25, 0.3) is 0 Å². The standard InChI is InChI=1S/C23H41NO2/c1-15-7-11-22(14-26-4)20-9-10-21(3)18(16(2)25)5-6-19(21)17(20)8-12-23(22,24)13-15/h15-20,25H,5-14,24H2,1-4H3. The van der Waals surface area contributed by atoms with Gasteiger partial charge in [-0.1, -0.05) is 13.8 Å². The molecule has 26 heavy (non-hydrogen) atoms. The molecule has 0 aromatic heterocycles. The molecule has 4 aliphatic rings. The van der Waals surface area contributed by atoms with Crippen LogP contribution < -0.4 is 5.73 Å². The first-order valence-electron chi connectivity index (χ1n) is 11.2. The number of hydrogen-bond acceptors (Lipinski definition) is 3. The average molecular weight is 364 g/mol. The number of aliphatic hydroxyl groups excluding tert-OH is 1. The summed E-state index contributed by atoms with van der Waals surface area (Å²) in [6.07, 6.45) is 11.1. The summed E-state index contributed by atoms with van der Waals surface area (Å²) in [5, 5.41) is 10.4. The van der Waals surface area contributed by atoms with Crippen molar-refractivity contribution in [3.8, 4) is 0 Å². The summed E-state index contributed by atoms with van der Waals surface area (Å²) in [5.74, 6) is 3.53. The third-order valence-corrected chi connectivity index (χ3v) is 9.92. The molecule has 3 heteroatoms. The van der Waals surface area contributed by atoms with Crippen molar-refractivity contribution in [2.45, 2.75) is 90.2 Å². The molecule has 0 saturated heterocycles. The van der Waals surface area contributed by atoms with Gasteiger partial charge in [0.2, 0.25) is 0 Å². The lowest BCUT2D eigenvalue weighted by atomic mass is 9.41. The lowest BCUT2D eigenvalue weighted by molar-refractivity contribution is -0.164. The van der Waals surface area contributed by atoms with E-state index in [1.807, 2.05) is 14.0 Å². The van der Waals surface area contributed by atoms with Crippen molar-refractivity contribution >= 4 is 0 Å². The van der Waals surface area contributed by atoms with Crippen LogP contribution in [0, 0.1) is 40.4 Å². The lowest BCUT2D eigenvalue weighted by Crippen LogP contribution is -2.69. The second-order valence-corrected chi connectivity index (χ2v) is 11.0. The van der Waals surface area contributed by atoms with Gasteiger partial charge in [-0.15, -0.1) is 0 Å². The van der Waals surface area contributed by atoms with Crippen LogP contribution >= 0.6 is 0 Å². The van der Waals surface area contributed by atoms with Crippen molar-refractivity contribution in [3.05, 3.63) is 0 Å². The van der Waals surface area contributed by atoms with Gasteiger partial charge < -0.3 is 15.6 Å². The van der Waals surface area contributed by atoms with Crippen LogP contribution in [0.25, 0.3) is 0 Å². The Morgan fingerprint density at radius 1 is 1.08 bits per heavy atom. The van der Waals surface area contributed by atoms with Gasteiger partial charge in [-0.3, -0.25) is 0 Å². The number of methoxy groups -OCH3 is 1. The fourth-order valence-corrected chi connectivity index (χ4v) is 8.80. The van der Waals surface area contributed by atoms with E-state index < -0.39 is 0 Å². The maximum atomic E-state index is 10.4. The molecule has 0 heterocycles. The fourth-order valence-electron chi connectivity index (χ4n) is 8.80. The Balaban J connectivity index is 1.68. The van der Waals surface area contributed by atoms with Crippen LogP contribution in [-0.4, -0.2) is 30.5 Å². The largest absolute Gasteiger partial charge is 0.393 e. The van der Waals surface area contributed by atoms with E-state index in [0.29, 0.717) is 11.3 Å². The maximum Gasteiger partial charge on any atom is 0.0545 e. The first-order chi connectivity index (χ1) is 12.3. The van der Waals surface area contributed by atoms with Crippen molar-refractivity contribution in [2.75, 3.05) is 13.7 Å². The fraction of sp³-hybridized carbons (Fsp3) is 1.00. The molecule has 4 rings (SSSR count). The van der Waals surface area contributed by atoms with Crippen molar-refractivity contribution in [1.82, 2.24) is 0 Å². The molecule has 4 aliphatic carbocycles. The van der Waals surface area contributed by atoms with Gasteiger partial charge in [0.1, 0.15) is 0 Å². The number of ether oxygens (including phenoxy) is 1. The highest BCUT2D eigenvalue weighted by Gasteiger charge is 2.65. The molecular weight excluding hydrogens is 322 g/mol. The highest BCUT2D eigenvalue weighted by atomic mass is 16.5. The Morgan fingerprint density at radius 3 is 2.54 bits per heavy atom. The molecule has 9 unspecified atom stereocenters. The van der Waals surface area contributed by atoms with E-state index in [4.69, 9.17) is 10.5 Å². The van der Waals surface area contributed by atoms with E-state index in [-0.39, 0.29) is 17.1 Å². The molecule has 0 amide bonds. The number of rotatable bonds is 3. The van der Waals surface area contributed by atoms with Crippen molar-refractivity contribution in [1.29, 1.82) is 0 Å². The van der Waals surface area contributed by atoms with Crippen LogP contribution in [0.1, 0.15) is 78.6 Å². The molecule has 0 radical (unpaired) electrons. The second kappa shape index (κ2) is 6.46. The lowest BCUT2D eigenvalue weighted by Gasteiger charge is -2.65. The molecule has 0 aromatic carbocycles. The zero-order valence-electron chi connectivity index (χ0n) is 17.5. The van der Waals surface area contributed by atoms with Gasteiger partial charge in [-0.05, 0) is 99.7 Å². The van der Waals surface area contributed by atoms with E-state index >= 15 is 0 Å². The third kappa shape index (κ3) is 2.49. The minimum Gasteiger partial charge on any atom is -0.393 e. The second-order valence-electron chi connectivity index (χ2n) is 11.0. The van der Waals surface area contributed by atoms with Crippen molar-refractivity contribution in [2.24, 2.45) is 46.2 Å². The molecule has 150 valence electrons. The molecule has 3 nitrogen and oxygen atoms in total. The Kier molecular flexibility index (Phi) is 4.77. The topological polar surface area (TPSA) is 55.5 Å². The average Bonchev–Trinajstić information content (AvgIpc) is 2.93.